The number of hydrogen-bond donors (Lipinski definition) is 2. The van der Waals surface area contributed by atoms with E-state index in [1.807, 2.05) is 17.4 Å². The Morgan fingerprint density at radius 3 is 2.96 bits per heavy atom. The summed E-state index contributed by atoms with van der Waals surface area (Å²) in [5.74, 6) is 0. The standard InChI is InChI=1S/C20H24N2OS/c1-14-6-8-17(21)12-15(14)7-9-18-10-11-19(24-18)16-4-3-5-20(23-2)22-13-16/h3-4,6,8,10-13,20,22H,5,7,9,21H2,1-2H3. The summed E-state index contributed by atoms with van der Waals surface area (Å²) in [5.41, 5.74) is 10.6. The highest BCUT2D eigenvalue weighted by atomic mass is 32.1. The van der Waals surface area contributed by atoms with Crippen LogP contribution in [0.5, 0.6) is 0 Å². The Labute approximate surface area is 147 Å². The Bertz CT molecular complexity index is 761. The van der Waals surface area contributed by atoms with Gasteiger partial charge in [-0.2, -0.15) is 0 Å². The van der Waals surface area contributed by atoms with E-state index in [4.69, 9.17) is 10.5 Å². The van der Waals surface area contributed by atoms with Gasteiger partial charge in [0.25, 0.3) is 0 Å². The molecule has 24 heavy (non-hydrogen) atoms. The maximum absolute atomic E-state index is 5.91. The van der Waals surface area contributed by atoms with Gasteiger partial charge in [0.2, 0.25) is 0 Å². The quantitative estimate of drug-likeness (QED) is 0.798. The number of rotatable bonds is 5. The van der Waals surface area contributed by atoms with Crippen molar-refractivity contribution in [3.05, 3.63) is 69.6 Å². The number of anilines is 1. The van der Waals surface area contributed by atoms with Gasteiger partial charge in [0.05, 0.1) is 0 Å². The van der Waals surface area contributed by atoms with Gasteiger partial charge in [-0.25, -0.2) is 0 Å². The second-order valence-electron chi connectivity index (χ2n) is 6.08. The Balaban J connectivity index is 1.67. The van der Waals surface area contributed by atoms with Gasteiger partial charge < -0.3 is 15.8 Å². The summed E-state index contributed by atoms with van der Waals surface area (Å²) in [7, 11) is 1.73. The molecule has 3 nitrogen and oxygen atoms in total. The predicted molar refractivity (Wildman–Crippen MR) is 103 cm³/mol. The number of hydrogen-bond acceptors (Lipinski definition) is 4. The van der Waals surface area contributed by atoms with Gasteiger partial charge in [-0.15, -0.1) is 11.3 Å². The molecule has 1 aliphatic heterocycles. The fourth-order valence-corrected chi connectivity index (χ4v) is 3.82. The molecule has 0 saturated heterocycles. The Hall–Kier alpha value is -2.04. The molecule has 0 aliphatic carbocycles. The molecule has 1 aromatic heterocycles. The second-order valence-corrected chi connectivity index (χ2v) is 7.25. The number of nitrogen functional groups attached to an aromatic ring is 1. The number of aryl methyl sites for hydroxylation is 3. The van der Waals surface area contributed by atoms with E-state index >= 15 is 0 Å². The zero-order valence-corrected chi connectivity index (χ0v) is 15.0. The molecule has 2 heterocycles. The molecule has 3 rings (SSSR count). The first-order valence-electron chi connectivity index (χ1n) is 8.25. The van der Waals surface area contributed by atoms with Gasteiger partial charge in [0, 0.05) is 40.7 Å². The summed E-state index contributed by atoms with van der Waals surface area (Å²) in [6.07, 6.45) is 9.39. The van der Waals surface area contributed by atoms with Crippen molar-refractivity contribution in [1.82, 2.24) is 5.32 Å². The zero-order chi connectivity index (χ0) is 16.9. The molecule has 1 unspecified atom stereocenters. The summed E-state index contributed by atoms with van der Waals surface area (Å²) in [6.45, 7) is 2.15. The number of nitrogens with two attached hydrogens (primary N) is 1. The molecule has 0 amide bonds. The maximum Gasteiger partial charge on any atom is 0.130 e. The molecule has 0 bridgehead atoms. The molecule has 0 radical (unpaired) electrons. The molecule has 1 aromatic carbocycles. The van der Waals surface area contributed by atoms with Gasteiger partial charge in [-0.1, -0.05) is 18.2 Å². The highest BCUT2D eigenvalue weighted by Crippen LogP contribution is 2.27. The lowest BCUT2D eigenvalue weighted by Crippen LogP contribution is -2.24. The van der Waals surface area contributed by atoms with Crippen LogP contribution in [0.2, 0.25) is 0 Å². The average molecular weight is 340 g/mol. The minimum atomic E-state index is 0.0599. The molecule has 0 spiro atoms. The molecular formula is C20H24N2OS. The summed E-state index contributed by atoms with van der Waals surface area (Å²) in [6, 6.07) is 10.6. The minimum Gasteiger partial charge on any atom is -0.399 e. The lowest BCUT2D eigenvalue weighted by molar-refractivity contribution is 0.0890. The number of methoxy groups -OCH3 is 1. The maximum atomic E-state index is 5.91. The van der Waals surface area contributed by atoms with Crippen molar-refractivity contribution in [3.8, 4) is 0 Å². The van der Waals surface area contributed by atoms with Crippen LogP contribution in [0.1, 0.15) is 27.3 Å². The number of nitrogens with one attached hydrogen (secondary N) is 1. The third-order valence-corrected chi connectivity index (χ3v) is 5.51. The lowest BCUT2D eigenvalue weighted by atomic mass is 10.0. The predicted octanol–water partition coefficient (Wildman–Crippen LogP) is 4.29. The Kier molecular flexibility index (Phi) is 5.38. The van der Waals surface area contributed by atoms with Crippen molar-refractivity contribution < 1.29 is 4.74 Å². The van der Waals surface area contributed by atoms with Crippen molar-refractivity contribution in [2.45, 2.75) is 32.4 Å². The fraction of sp³-hybridized carbons (Fsp3) is 0.300. The zero-order valence-electron chi connectivity index (χ0n) is 14.2. The Morgan fingerprint density at radius 1 is 1.25 bits per heavy atom. The monoisotopic (exact) mass is 340 g/mol. The average Bonchev–Trinajstić information content (AvgIpc) is 2.92. The van der Waals surface area contributed by atoms with E-state index in [9.17, 15) is 0 Å². The smallest absolute Gasteiger partial charge is 0.130 e. The number of ether oxygens (including phenoxy) is 1. The van der Waals surface area contributed by atoms with Crippen LogP contribution in [-0.4, -0.2) is 13.3 Å². The molecule has 3 N–H and O–H groups in total. The van der Waals surface area contributed by atoms with Crippen LogP contribution in [0, 0.1) is 6.92 Å². The molecule has 2 aromatic rings. The van der Waals surface area contributed by atoms with Crippen molar-refractivity contribution in [2.75, 3.05) is 12.8 Å². The summed E-state index contributed by atoms with van der Waals surface area (Å²) >= 11 is 1.86. The number of allylic oxidation sites excluding steroid dienone is 2. The molecule has 4 heteroatoms. The largest absolute Gasteiger partial charge is 0.399 e. The van der Waals surface area contributed by atoms with Gasteiger partial charge in [-0.05, 0) is 55.2 Å². The second kappa shape index (κ2) is 7.69. The van der Waals surface area contributed by atoms with E-state index in [0.717, 1.165) is 24.9 Å². The topological polar surface area (TPSA) is 47.3 Å². The molecule has 126 valence electrons. The summed E-state index contributed by atoms with van der Waals surface area (Å²) in [4.78, 5) is 2.68. The van der Waals surface area contributed by atoms with Crippen molar-refractivity contribution >= 4 is 22.6 Å². The number of benzene rings is 1. The van der Waals surface area contributed by atoms with Crippen LogP contribution >= 0.6 is 11.3 Å². The van der Waals surface area contributed by atoms with Crippen LogP contribution in [0.4, 0.5) is 5.69 Å². The first-order valence-corrected chi connectivity index (χ1v) is 9.07. The molecule has 0 fully saturated rings. The van der Waals surface area contributed by atoms with Crippen molar-refractivity contribution in [2.24, 2.45) is 0 Å². The third kappa shape index (κ3) is 4.08. The van der Waals surface area contributed by atoms with Crippen LogP contribution in [0.15, 0.2) is 48.7 Å². The number of thiophene rings is 1. The first-order chi connectivity index (χ1) is 11.7. The van der Waals surface area contributed by atoms with Crippen LogP contribution < -0.4 is 11.1 Å². The minimum absolute atomic E-state index is 0.0599. The van der Waals surface area contributed by atoms with E-state index < -0.39 is 0 Å². The van der Waals surface area contributed by atoms with Crippen LogP contribution in [-0.2, 0) is 17.6 Å². The molecule has 1 aliphatic rings. The van der Waals surface area contributed by atoms with E-state index in [2.05, 4.69) is 54.9 Å². The summed E-state index contributed by atoms with van der Waals surface area (Å²) in [5, 5.41) is 3.31. The van der Waals surface area contributed by atoms with Crippen molar-refractivity contribution in [3.63, 3.8) is 0 Å². The normalized spacial score (nSPS) is 17.2. The van der Waals surface area contributed by atoms with Crippen molar-refractivity contribution in [1.29, 1.82) is 0 Å². The van der Waals surface area contributed by atoms with Gasteiger partial charge in [0.15, 0.2) is 0 Å². The highest BCUT2D eigenvalue weighted by molar-refractivity contribution is 7.13. The van der Waals surface area contributed by atoms with E-state index in [-0.39, 0.29) is 6.23 Å². The fourth-order valence-electron chi connectivity index (χ4n) is 2.82. The van der Waals surface area contributed by atoms with Crippen LogP contribution in [0.25, 0.3) is 5.57 Å². The van der Waals surface area contributed by atoms with Crippen LogP contribution in [0.3, 0.4) is 0 Å². The lowest BCUT2D eigenvalue weighted by Gasteiger charge is -2.11. The Morgan fingerprint density at radius 2 is 2.12 bits per heavy atom. The van der Waals surface area contributed by atoms with E-state index in [1.54, 1.807) is 7.11 Å². The highest BCUT2D eigenvalue weighted by Gasteiger charge is 2.10. The molecule has 1 atom stereocenters. The van der Waals surface area contributed by atoms with E-state index in [0.29, 0.717) is 0 Å². The first kappa shape index (κ1) is 16.8. The summed E-state index contributed by atoms with van der Waals surface area (Å²) < 4.78 is 5.36. The SMILES string of the molecule is COC1CC=CC(c2ccc(CCc3cc(N)ccc3C)s2)=CN1. The molecule has 0 saturated carbocycles. The van der Waals surface area contributed by atoms with Gasteiger partial charge >= 0.3 is 0 Å². The third-order valence-electron chi connectivity index (χ3n) is 4.32. The van der Waals surface area contributed by atoms with Gasteiger partial charge in [-0.3, -0.25) is 0 Å². The van der Waals surface area contributed by atoms with E-state index in [1.165, 1.54) is 26.5 Å². The van der Waals surface area contributed by atoms with Gasteiger partial charge in [0.1, 0.15) is 6.23 Å². The molecular weight excluding hydrogens is 316 g/mol.